The fourth-order valence-electron chi connectivity index (χ4n) is 2.48. The molecule has 0 fully saturated rings. The first-order valence-corrected chi connectivity index (χ1v) is 6.63. The van der Waals surface area contributed by atoms with Crippen LogP contribution in [0.15, 0.2) is 55.0 Å². The second-order valence-corrected chi connectivity index (χ2v) is 4.92. The van der Waals surface area contributed by atoms with Crippen LogP contribution in [0.4, 0.5) is 17.1 Å². The van der Waals surface area contributed by atoms with Crippen molar-refractivity contribution in [3.05, 3.63) is 55.0 Å². The first kappa shape index (κ1) is 11.7. The number of rotatable bonds is 2. The van der Waals surface area contributed by atoms with E-state index in [2.05, 4.69) is 26.6 Å². The molecule has 4 aromatic rings. The third kappa shape index (κ3) is 1.95. The van der Waals surface area contributed by atoms with Gasteiger partial charge >= 0.3 is 0 Å². The summed E-state index contributed by atoms with van der Waals surface area (Å²) >= 11 is 0. The van der Waals surface area contributed by atoms with Crippen LogP contribution < -0.4 is 11.1 Å². The lowest BCUT2D eigenvalue weighted by molar-refractivity contribution is 1.12. The Kier molecular flexibility index (Phi) is 2.50. The van der Waals surface area contributed by atoms with Crippen molar-refractivity contribution in [3.8, 4) is 0 Å². The smallest absolute Gasteiger partial charge is 0.0672 e. The van der Waals surface area contributed by atoms with Crippen LogP contribution in [0.25, 0.3) is 21.7 Å². The van der Waals surface area contributed by atoms with Crippen LogP contribution in [-0.2, 0) is 0 Å². The fourth-order valence-corrected chi connectivity index (χ4v) is 2.48. The van der Waals surface area contributed by atoms with Crippen LogP contribution in [0.3, 0.4) is 0 Å². The number of nitrogens with one attached hydrogen (secondary N) is 2. The number of H-pyrrole nitrogens is 1. The lowest BCUT2D eigenvalue weighted by Gasteiger charge is -2.12. The topological polar surface area (TPSA) is 79.6 Å². The van der Waals surface area contributed by atoms with Crippen molar-refractivity contribution in [3.63, 3.8) is 0 Å². The molecule has 0 atom stereocenters. The van der Waals surface area contributed by atoms with Crippen molar-refractivity contribution in [1.29, 1.82) is 0 Å². The van der Waals surface area contributed by atoms with Gasteiger partial charge in [-0.25, -0.2) is 0 Å². The van der Waals surface area contributed by atoms with E-state index in [1.54, 1.807) is 12.4 Å². The molecule has 0 radical (unpaired) electrons. The standard InChI is InChI=1S/C16H13N5/c17-13-6-11-8-19-21-15(11)7-16(13)20-14-3-1-2-10-4-5-18-9-12(10)14/h1-9,20H,17H2,(H,19,21). The van der Waals surface area contributed by atoms with Crippen molar-refractivity contribution < 1.29 is 0 Å². The number of benzene rings is 2. The lowest BCUT2D eigenvalue weighted by Crippen LogP contribution is -1.97. The molecule has 0 saturated heterocycles. The zero-order valence-corrected chi connectivity index (χ0v) is 11.2. The molecular formula is C16H13N5. The van der Waals surface area contributed by atoms with E-state index in [0.717, 1.165) is 33.1 Å². The minimum Gasteiger partial charge on any atom is -0.397 e. The molecule has 102 valence electrons. The van der Waals surface area contributed by atoms with Crippen LogP contribution in [0.5, 0.6) is 0 Å². The minimum absolute atomic E-state index is 0.685. The molecule has 4 N–H and O–H groups in total. The molecule has 0 aliphatic rings. The zero-order valence-electron chi connectivity index (χ0n) is 11.2. The molecule has 0 aliphatic carbocycles. The molecule has 0 unspecified atom stereocenters. The first-order valence-electron chi connectivity index (χ1n) is 6.63. The molecule has 5 heteroatoms. The van der Waals surface area contributed by atoms with Crippen molar-refractivity contribution in [2.24, 2.45) is 0 Å². The molecule has 0 spiro atoms. The Balaban J connectivity index is 1.84. The average molecular weight is 275 g/mol. The molecule has 0 aliphatic heterocycles. The molecule has 4 rings (SSSR count). The van der Waals surface area contributed by atoms with Gasteiger partial charge in [-0.05, 0) is 29.7 Å². The number of nitrogens with two attached hydrogens (primary N) is 1. The molecule has 0 amide bonds. The Bertz CT molecular complexity index is 936. The molecule has 2 aromatic heterocycles. The molecule has 0 saturated carbocycles. The van der Waals surface area contributed by atoms with Gasteiger partial charge in [-0.1, -0.05) is 12.1 Å². The Labute approximate surface area is 120 Å². The summed E-state index contributed by atoms with van der Waals surface area (Å²) in [6.07, 6.45) is 5.40. The number of fused-ring (bicyclic) bond motifs is 2. The first-order chi connectivity index (χ1) is 10.3. The predicted molar refractivity (Wildman–Crippen MR) is 85.5 cm³/mol. The third-order valence-electron chi connectivity index (χ3n) is 3.56. The highest BCUT2D eigenvalue weighted by atomic mass is 15.1. The molecule has 2 heterocycles. The summed E-state index contributed by atoms with van der Waals surface area (Å²) in [6, 6.07) is 11.9. The summed E-state index contributed by atoms with van der Waals surface area (Å²) in [5.41, 5.74) is 9.58. The van der Waals surface area contributed by atoms with Crippen molar-refractivity contribution in [2.75, 3.05) is 11.1 Å². The maximum atomic E-state index is 6.12. The lowest BCUT2D eigenvalue weighted by atomic mass is 10.1. The van der Waals surface area contributed by atoms with Crippen molar-refractivity contribution in [2.45, 2.75) is 0 Å². The summed E-state index contributed by atoms with van der Waals surface area (Å²) in [6.45, 7) is 0. The van der Waals surface area contributed by atoms with Crippen LogP contribution in [-0.4, -0.2) is 15.2 Å². The summed E-state index contributed by atoms with van der Waals surface area (Å²) in [7, 11) is 0. The number of nitrogen functional groups attached to an aromatic ring is 1. The molecule has 5 nitrogen and oxygen atoms in total. The van der Waals surface area contributed by atoms with E-state index >= 15 is 0 Å². The Hall–Kier alpha value is -3.08. The van der Waals surface area contributed by atoms with Crippen molar-refractivity contribution in [1.82, 2.24) is 15.2 Å². The van der Waals surface area contributed by atoms with Gasteiger partial charge in [0.05, 0.1) is 23.1 Å². The maximum absolute atomic E-state index is 6.12. The van der Waals surface area contributed by atoms with Gasteiger partial charge in [0.25, 0.3) is 0 Å². The highest BCUT2D eigenvalue weighted by Crippen LogP contribution is 2.30. The Morgan fingerprint density at radius 3 is 2.90 bits per heavy atom. The summed E-state index contributed by atoms with van der Waals surface area (Å²) in [5.74, 6) is 0. The second-order valence-electron chi connectivity index (χ2n) is 4.92. The van der Waals surface area contributed by atoms with E-state index in [1.807, 2.05) is 36.5 Å². The quantitative estimate of drug-likeness (QED) is 0.490. The molecule has 21 heavy (non-hydrogen) atoms. The number of aromatic amines is 1. The van der Waals surface area contributed by atoms with Gasteiger partial charge < -0.3 is 11.1 Å². The van der Waals surface area contributed by atoms with E-state index < -0.39 is 0 Å². The van der Waals surface area contributed by atoms with Gasteiger partial charge in [0, 0.05) is 28.9 Å². The van der Waals surface area contributed by atoms with Gasteiger partial charge in [-0.15, -0.1) is 0 Å². The van der Waals surface area contributed by atoms with Gasteiger partial charge in [-0.3, -0.25) is 10.1 Å². The van der Waals surface area contributed by atoms with E-state index in [4.69, 9.17) is 5.73 Å². The van der Waals surface area contributed by atoms with Gasteiger partial charge in [0.15, 0.2) is 0 Å². The Morgan fingerprint density at radius 2 is 1.95 bits per heavy atom. The maximum Gasteiger partial charge on any atom is 0.0672 e. The molecule has 0 bridgehead atoms. The van der Waals surface area contributed by atoms with E-state index in [-0.39, 0.29) is 0 Å². The highest BCUT2D eigenvalue weighted by Gasteiger charge is 2.06. The fraction of sp³-hybridized carbons (Fsp3) is 0. The number of anilines is 3. The number of nitrogens with zero attached hydrogens (tertiary/aromatic N) is 2. The normalized spacial score (nSPS) is 11.0. The summed E-state index contributed by atoms with van der Waals surface area (Å²) < 4.78 is 0. The minimum atomic E-state index is 0.685. The zero-order chi connectivity index (χ0) is 14.2. The average Bonchev–Trinajstić information content (AvgIpc) is 2.95. The van der Waals surface area contributed by atoms with Crippen LogP contribution >= 0.6 is 0 Å². The predicted octanol–water partition coefficient (Wildman–Crippen LogP) is 3.44. The van der Waals surface area contributed by atoms with E-state index in [9.17, 15) is 0 Å². The number of pyridine rings is 1. The summed E-state index contributed by atoms with van der Waals surface area (Å²) in [4.78, 5) is 4.19. The summed E-state index contributed by atoms with van der Waals surface area (Å²) in [5, 5.41) is 13.6. The monoisotopic (exact) mass is 275 g/mol. The van der Waals surface area contributed by atoms with Gasteiger partial charge in [0.1, 0.15) is 0 Å². The van der Waals surface area contributed by atoms with E-state index in [0.29, 0.717) is 5.69 Å². The largest absolute Gasteiger partial charge is 0.397 e. The Morgan fingerprint density at radius 1 is 1.00 bits per heavy atom. The van der Waals surface area contributed by atoms with Gasteiger partial charge in [-0.2, -0.15) is 5.10 Å². The number of hydrogen-bond acceptors (Lipinski definition) is 4. The van der Waals surface area contributed by atoms with E-state index in [1.165, 1.54) is 0 Å². The van der Waals surface area contributed by atoms with Crippen LogP contribution in [0, 0.1) is 0 Å². The highest BCUT2D eigenvalue weighted by molar-refractivity contribution is 5.97. The molecular weight excluding hydrogens is 262 g/mol. The van der Waals surface area contributed by atoms with Crippen LogP contribution in [0.2, 0.25) is 0 Å². The second kappa shape index (κ2) is 4.49. The third-order valence-corrected chi connectivity index (χ3v) is 3.56. The number of aromatic nitrogens is 3. The van der Waals surface area contributed by atoms with Gasteiger partial charge in [0.2, 0.25) is 0 Å². The number of hydrogen-bond donors (Lipinski definition) is 3. The SMILES string of the molecule is Nc1cc2cn[nH]c2cc1Nc1cccc2ccncc12. The van der Waals surface area contributed by atoms with Crippen molar-refractivity contribution >= 4 is 38.7 Å². The van der Waals surface area contributed by atoms with Crippen LogP contribution in [0.1, 0.15) is 0 Å². The molecule has 2 aromatic carbocycles.